The number of rotatable bonds is 13. The van der Waals surface area contributed by atoms with Gasteiger partial charge in [-0.3, -0.25) is 38.4 Å². The van der Waals surface area contributed by atoms with Crippen LogP contribution in [0.5, 0.6) is 11.5 Å². The van der Waals surface area contributed by atoms with Crippen LogP contribution in [0.3, 0.4) is 0 Å². The number of hydrogen-bond donors (Lipinski definition) is 18. The van der Waals surface area contributed by atoms with Crippen LogP contribution < -0.4 is 57.3 Å². The van der Waals surface area contributed by atoms with Gasteiger partial charge in [-0.15, -0.1) is 23.5 Å². The first-order valence-electron chi connectivity index (χ1n) is 37.8. The monoisotopic (exact) mass is 1560 g/mol. The van der Waals surface area contributed by atoms with Crippen molar-refractivity contribution in [3.05, 3.63) is 94.0 Å². The van der Waals surface area contributed by atoms with E-state index in [2.05, 4.69) is 60.0 Å². The number of nitrogens with one attached hydrogen (secondary N) is 9. The van der Waals surface area contributed by atoms with Crippen molar-refractivity contribution < 1.29 is 103 Å². The molecule has 0 bridgehead atoms. The fourth-order valence-corrected chi connectivity index (χ4v) is 19.4. The zero-order valence-electron chi connectivity index (χ0n) is 62.1. The van der Waals surface area contributed by atoms with Gasteiger partial charge in [-0.2, -0.15) is 0 Å². The second-order valence-corrected chi connectivity index (χ2v) is 32.8. The number of amides is 2. The maximum absolute atomic E-state index is 10.9. The molecular formula is C76H110N10O21S2. The van der Waals surface area contributed by atoms with Gasteiger partial charge >= 0.3 is 59.8 Å². The summed E-state index contributed by atoms with van der Waals surface area (Å²) in [5.74, 6) is -1.28. The molecule has 109 heavy (non-hydrogen) atoms. The Hall–Kier alpha value is -7.86. The van der Waals surface area contributed by atoms with E-state index < -0.39 is 71.8 Å². The van der Waals surface area contributed by atoms with E-state index in [1.165, 1.54) is 104 Å². The summed E-state index contributed by atoms with van der Waals surface area (Å²) >= 11 is 3.82. The maximum atomic E-state index is 10.9. The van der Waals surface area contributed by atoms with Crippen LogP contribution in [0.1, 0.15) is 143 Å². The molecule has 3 aromatic rings. The van der Waals surface area contributed by atoms with Gasteiger partial charge in [-0.05, 0) is 173 Å². The fraction of sp³-hybridized carbons (Fsp3) is 0.632. The standard InChI is InChI=1S/C12H15NO4.C11H13NO2.C10H11NO2.2C9H15NO2.C8H13NO2.C7H11NO2S2.C5H8N2O3.C5H9NO2/c1-16-10-4-7-3-9(12(14)15)13-6-8(7)5-11(10)17-2;13-11(14)7-12-10-5-8-3-1-2-4-9(8)6-10;12-10(13)9-5-7-3-1-2-4-8(7)6-11-9;2*11-9(12)8-5-6-3-1-2-4-7(6)10-8;10-8(11)7-4-5-2-1-3-6(5)9-7;9-6(10)5-3-7(4-8-5)11-1-2-12-7;1-7-2-3(4(8)9)6-5(7)10;7-5(8)4-2-1-3-6-4/h4-5,9,13H,3,6H2,1-2H3,(H,14,15);1-4,10,12H,5-7H2,(H,13,14);1-4,9,11H,5-6H2,(H,12,13);2*6-8,10H,1-5H2,(H,11,12);5-7,9H,1-4H2,(H,10,11);5,8H,1-4H2,(H,9,10);3H,2H2,1H3,(H,6,10)(H,8,9);4,6H,1-3H2,(H,7,8)/t9-;;9-;6-,7+,8+;6-,7-,8-;5-,6-,7-;5-;3-;4-/m0.0100000/s1. The highest BCUT2D eigenvalue weighted by Crippen LogP contribution is 2.49. The molecule has 31 nitrogen and oxygen atoms in total. The van der Waals surface area contributed by atoms with Crippen LogP contribution in [0, 0.1) is 17.8 Å². The Bertz CT molecular complexity index is 3460. The predicted octanol–water partition coefficient (Wildman–Crippen LogP) is 4.53. The molecule has 3 aromatic carbocycles. The van der Waals surface area contributed by atoms with Crippen molar-refractivity contribution in [1.29, 1.82) is 0 Å². The molecule has 3 saturated carbocycles. The lowest BCUT2D eigenvalue weighted by Gasteiger charge is -2.24. The van der Waals surface area contributed by atoms with Crippen molar-refractivity contribution in [3.8, 4) is 11.5 Å². The summed E-state index contributed by atoms with van der Waals surface area (Å²) in [5.41, 5.74) is 7.09. The van der Waals surface area contributed by atoms with Gasteiger partial charge < -0.3 is 108 Å². The van der Waals surface area contributed by atoms with E-state index in [0.717, 1.165) is 81.1 Å². The Morgan fingerprint density at radius 1 is 0.468 bits per heavy atom. The predicted molar refractivity (Wildman–Crippen MR) is 406 cm³/mol. The quantitative estimate of drug-likeness (QED) is 0.112. The molecule has 9 heterocycles. The average molecular weight is 1560 g/mol. The van der Waals surface area contributed by atoms with Crippen LogP contribution in [0.2, 0.25) is 0 Å². The molecule has 602 valence electrons. The van der Waals surface area contributed by atoms with Crippen molar-refractivity contribution in [2.75, 3.05) is 59.0 Å². The molecule has 16 rings (SSSR count). The summed E-state index contributed by atoms with van der Waals surface area (Å²) in [6, 6.07) is 18.4. The Kier molecular flexibility index (Phi) is 33.8. The number of urea groups is 1. The molecular weight excluding hydrogens is 1450 g/mol. The van der Waals surface area contributed by atoms with Gasteiger partial charge in [0, 0.05) is 62.4 Å². The van der Waals surface area contributed by atoms with E-state index in [9.17, 15) is 47.9 Å². The van der Waals surface area contributed by atoms with Gasteiger partial charge in [0.15, 0.2) is 11.5 Å². The molecule has 0 unspecified atom stereocenters. The number of carbonyl (C=O) groups excluding carboxylic acids is 1. The Balaban J connectivity index is 0.000000155. The van der Waals surface area contributed by atoms with Crippen LogP contribution in [0.4, 0.5) is 4.79 Å². The number of fused-ring (bicyclic) bond motifs is 6. The van der Waals surface area contributed by atoms with Crippen molar-refractivity contribution >= 4 is 83.3 Å². The molecule has 14 atom stereocenters. The van der Waals surface area contributed by atoms with Gasteiger partial charge in [-0.1, -0.05) is 80.6 Å². The highest BCUT2D eigenvalue weighted by molar-refractivity contribution is 8.21. The summed E-state index contributed by atoms with van der Waals surface area (Å²) in [6.07, 6.45) is 21.6. The minimum absolute atomic E-state index is 0.0542. The lowest BCUT2D eigenvalue weighted by molar-refractivity contribution is -0.140. The summed E-state index contributed by atoms with van der Waals surface area (Å²) in [7, 11) is 4.71. The number of methoxy groups -OCH3 is 2. The topological polar surface area (TPSA) is 483 Å². The molecule has 7 saturated heterocycles. The van der Waals surface area contributed by atoms with Crippen LogP contribution in [0.25, 0.3) is 0 Å². The molecule has 1 spiro atoms. The number of carboxylic acid groups (broad SMARTS) is 9. The molecule has 9 aliphatic heterocycles. The minimum atomic E-state index is -0.988. The largest absolute Gasteiger partial charge is 0.493 e. The second kappa shape index (κ2) is 42.5. The van der Waals surface area contributed by atoms with E-state index in [0.29, 0.717) is 79.4 Å². The maximum Gasteiger partial charge on any atom is 0.328 e. The number of likely N-dealkylation sites (N-methyl/N-ethyl adjacent to an activating group) is 1. The van der Waals surface area contributed by atoms with Crippen molar-refractivity contribution in [3.63, 3.8) is 0 Å². The number of carboxylic acids is 9. The summed E-state index contributed by atoms with van der Waals surface area (Å²) in [4.78, 5) is 107. The lowest BCUT2D eigenvalue weighted by atomic mass is 9.85. The van der Waals surface area contributed by atoms with Crippen molar-refractivity contribution in [2.45, 2.75) is 225 Å². The van der Waals surface area contributed by atoms with Gasteiger partial charge in [-0.25, -0.2) is 9.59 Å². The molecule has 18 N–H and O–H groups in total. The number of aliphatic carboxylic acids is 9. The van der Waals surface area contributed by atoms with Crippen molar-refractivity contribution in [2.24, 2.45) is 17.8 Å². The van der Waals surface area contributed by atoms with Gasteiger partial charge in [0.2, 0.25) is 0 Å². The molecule has 0 radical (unpaired) electrons. The first kappa shape index (κ1) is 86.7. The number of hydrogen-bond acceptors (Lipinski definition) is 22. The number of nitrogens with zero attached hydrogens (tertiary/aromatic N) is 1. The minimum Gasteiger partial charge on any atom is -0.493 e. The van der Waals surface area contributed by atoms with Gasteiger partial charge in [0.05, 0.1) is 31.4 Å². The summed E-state index contributed by atoms with van der Waals surface area (Å²) in [5, 5.41) is 105. The molecule has 4 aliphatic carbocycles. The molecule has 10 fully saturated rings. The normalized spacial score (nSPS) is 28.5. The third kappa shape index (κ3) is 26.1. The first-order valence-corrected chi connectivity index (χ1v) is 39.8. The van der Waals surface area contributed by atoms with Crippen molar-refractivity contribution in [1.82, 2.24) is 52.8 Å². The third-order valence-electron chi connectivity index (χ3n) is 22.2. The number of thioether (sulfide) groups is 2. The lowest BCUT2D eigenvalue weighted by Crippen LogP contribution is -2.41. The van der Waals surface area contributed by atoms with Gasteiger partial charge in [0.25, 0.3) is 0 Å². The van der Waals surface area contributed by atoms with Crippen LogP contribution >= 0.6 is 23.5 Å². The summed E-state index contributed by atoms with van der Waals surface area (Å²) < 4.78 is 10.6. The highest BCUT2D eigenvalue weighted by atomic mass is 32.2. The SMILES string of the molecule is CN1C[C@@H](C(=O)O)NC1=O.COc1cc2c(cc1OC)C[C@@H](C(=O)O)NC2.O=C(O)CNC1Cc2ccccc2C1.O=C(O)[C@@H]1CC2(CN1)SCCS2.O=C(O)[C@@H]1CCCN1.O=C(O)[C@@H]1C[C@@H]2CCCC[C@@H]2N1.O=C(O)[C@@H]1C[C@@H]2CCC[C@@H]2N1.O=C(O)[C@@H]1C[C@H]2CCCC[C@@H]2N1.O=C(O)[C@@H]1Cc2ccccc2CN1. The molecule has 0 aromatic heterocycles. The van der Waals surface area contributed by atoms with Crippen LogP contribution in [0.15, 0.2) is 60.7 Å². The Morgan fingerprint density at radius 2 is 0.881 bits per heavy atom. The number of benzene rings is 3. The van der Waals surface area contributed by atoms with Crippen LogP contribution in [-0.2, 0) is 81.9 Å². The fourth-order valence-electron chi connectivity index (χ4n) is 16.3. The van der Waals surface area contributed by atoms with Gasteiger partial charge in [0.1, 0.15) is 48.3 Å². The summed E-state index contributed by atoms with van der Waals surface area (Å²) in [6.45, 7) is 3.20. The molecule has 13 aliphatic rings. The Morgan fingerprint density at radius 3 is 1.27 bits per heavy atom. The van der Waals surface area contributed by atoms with E-state index in [1.807, 2.05) is 72.1 Å². The van der Waals surface area contributed by atoms with Crippen LogP contribution in [-0.4, -0.2) is 246 Å². The van der Waals surface area contributed by atoms with E-state index in [4.69, 9.17) is 55.4 Å². The average Bonchev–Trinajstić information content (AvgIpc) is 1.65. The second-order valence-electron chi connectivity index (χ2n) is 29.6. The van der Waals surface area contributed by atoms with E-state index >= 15 is 0 Å². The smallest absolute Gasteiger partial charge is 0.328 e. The number of carbonyl (C=O) groups is 10. The van der Waals surface area contributed by atoms with E-state index in [-0.39, 0.29) is 53.4 Å². The Labute approximate surface area is 643 Å². The number of ether oxygens (including phenoxy) is 2. The molecule has 33 heteroatoms. The van der Waals surface area contributed by atoms with E-state index in [1.54, 1.807) is 21.3 Å². The zero-order chi connectivity index (χ0) is 78.9. The highest BCUT2D eigenvalue weighted by Gasteiger charge is 2.46. The zero-order valence-corrected chi connectivity index (χ0v) is 63.8. The molecule has 2 amide bonds. The third-order valence-corrected chi connectivity index (χ3v) is 25.6. The first-order chi connectivity index (χ1) is 52.1.